The second-order valence-electron chi connectivity index (χ2n) is 5.57. The maximum Gasteiger partial charge on any atom is 0.0572 e. The van der Waals surface area contributed by atoms with Crippen molar-refractivity contribution < 1.29 is 4.74 Å². The van der Waals surface area contributed by atoms with Gasteiger partial charge in [-0.1, -0.05) is 22.0 Å². The van der Waals surface area contributed by atoms with Crippen LogP contribution in [0.1, 0.15) is 36.8 Å². The van der Waals surface area contributed by atoms with E-state index in [1.807, 2.05) is 0 Å². The molecule has 1 fully saturated rings. The second kappa shape index (κ2) is 5.55. The minimum absolute atomic E-state index is 0. The van der Waals surface area contributed by atoms with E-state index in [4.69, 9.17) is 10.1 Å². The first-order valence-corrected chi connectivity index (χ1v) is 7.34. The van der Waals surface area contributed by atoms with E-state index < -0.39 is 0 Å². The zero-order valence-corrected chi connectivity index (χ0v) is 13.4. The Kier molecular flexibility index (Phi) is 4.38. The largest absolute Gasteiger partial charge is 0.381 e. The number of hydrogen-bond donors (Lipinski definition) is 1. The van der Waals surface area contributed by atoms with Crippen molar-refractivity contribution in [2.24, 2.45) is 5.41 Å². The van der Waals surface area contributed by atoms with Crippen LogP contribution in [0.3, 0.4) is 0 Å². The number of fused-ring (bicyclic) bond motifs is 1. The van der Waals surface area contributed by atoms with Gasteiger partial charge in [-0.05, 0) is 49.8 Å². The van der Waals surface area contributed by atoms with Crippen LogP contribution in [0.4, 0.5) is 0 Å². The normalized spacial score (nSPS) is 29.2. The summed E-state index contributed by atoms with van der Waals surface area (Å²) in [4.78, 5) is 0. The summed E-state index contributed by atoms with van der Waals surface area (Å²) in [6.45, 7) is 0. The standard InChI is InChI=1S/C15H18BrNO.ClH/c1-18-12-4-6-15(7-5-12)9-10-2-3-11(16)8-13(10)14(15)17;/h2-3,8,12,17H,4-7,9H2,1H3;1H. The highest BCUT2D eigenvalue weighted by Gasteiger charge is 2.44. The van der Waals surface area contributed by atoms with Gasteiger partial charge in [0.2, 0.25) is 0 Å². The molecule has 0 bridgehead atoms. The molecule has 19 heavy (non-hydrogen) atoms. The third kappa shape index (κ3) is 2.48. The van der Waals surface area contributed by atoms with Crippen LogP contribution >= 0.6 is 28.3 Å². The topological polar surface area (TPSA) is 33.1 Å². The van der Waals surface area contributed by atoms with Crippen LogP contribution in [-0.4, -0.2) is 18.9 Å². The molecule has 0 radical (unpaired) electrons. The van der Waals surface area contributed by atoms with Crippen molar-refractivity contribution in [3.63, 3.8) is 0 Å². The molecule has 2 nitrogen and oxygen atoms in total. The Morgan fingerprint density at radius 2 is 2.00 bits per heavy atom. The van der Waals surface area contributed by atoms with Gasteiger partial charge < -0.3 is 10.1 Å². The molecular formula is C15H19BrClNO. The molecule has 0 saturated heterocycles. The summed E-state index contributed by atoms with van der Waals surface area (Å²) >= 11 is 3.51. The van der Waals surface area contributed by atoms with Crippen molar-refractivity contribution in [1.82, 2.24) is 0 Å². The molecule has 0 aliphatic heterocycles. The van der Waals surface area contributed by atoms with Crippen LogP contribution in [0.15, 0.2) is 22.7 Å². The number of rotatable bonds is 1. The van der Waals surface area contributed by atoms with E-state index in [9.17, 15) is 0 Å². The summed E-state index contributed by atoms with van der Waals surface area (Å²) in [5.41, 5.74) is 3.45. The van der Waals surface area contributed by atoms with Crippen LogP contribution < -0.4 is 0 Å². The average molecular weight is 345 g/mol. The lowest BCUT2D eigenvalue weighted by Crippen LogP contribution is -2.35. The maximum absolute atomic E-state index is 8.53. The van der Waals surface area contributed by atoms with Crippen molar-refractivity contribution >= 4 is 34.0 Å². The summed E-state index contributed by atoms with van der Waals surface area (Å²) in [7, 11) is 1.80. The molecule has 3 rings (SSSR count). The Balaban J connectivity index is 0.00000133. The van der Waals surface area contributed by atoms with Gasteiger partial charge in [-0.2, -0.15) is 0 Å². The number of nitrogens with one attached hydrogen (secondary N) is 1. The van der Waals surface area contributed by atoms with Crippen molar-refractivity contribution in [3.05, 3.63) is 33.8 Å². The van der Waals surface area contributed by atoms with Crippen LogP contribution in [-0.2, 0) is 11.2 Å². The van der Waals surface area contributed by atoms with E-state index in [-0.39, 0.29) is 17.8 Å². The molecule has 2 aliphatic rings. The zero-order valence-electron chi connectivity index (χ0n) is 11.0. The molecule has 0 aromatic heterocycles. The monoisotopic (exact) mass is 343 g/mol. The van der Waals surface area contributed by atoms with E-state index in [1.165, 1.54) is 5.56 Å². The van der Waals surface area contributed by atoms with E-state index in [1.54, 1.807) is 7.11 Å². The lowest BCUT2D eigenvalue weighted by atomic mass is 9.70. The van der Waals surface area contributed by atoms with Crippen LogP contribution in [0, 0.1) is 10.8 Å². The molecular weight excluding hydrogens is 326 g/mol. The van der Waals surface area contributed by atoms with E-state index in [0.717, 1.165) is 47.9 Å². The van der Waals surface area contributed by atoms with Crippen molar-refractivity contribution in [2.45, 2.75) is 38.2 Å². The lowest BCUT2D eigenvalue weighted by molar-refractivity contribution is 0.0467. The number of ether oxygens (including phenoxy) is 1. The fourth-order valence-electron chi connectivity index (χ4n) is 3.48. The van der Waals surface area contributed by atoms with Crippen molar-refractivity contribution in [2.75, 3.05) is 7.11 Å². The van der Waals surface area contributed by atoms with E-state index in [2.05, 4.69) is 34.1 Å². The molecule has 0 atom stereocenters. The molecule has 0 unspecified atom stereocenters. The van der Waals surface area contributed by atoms with Crippen molar-refractivity contribution in [3.8, 4) is 0 Å². The molecule has 1 aromatic carbocycles. The minimum atomic E-state index is 0. The molecule has 0 heterocycles. The maximum atomic E-state index is 8.53. The number of hydrogen-bond acceptors (Lipinski definition) is 2. The van der Waals surface area contributed by atoms with Crippen LogP contribution in [0.25, 0.3) is 0 Å². The highest BCUT2D eigenvalue weighted by Crippen LogP contribution is 2.47. The van der Waals surface area contributed by atoms with E-state index >= 15 is 0 Å². The fourth-order valence-corrected chi connectivity index (χ4v) is 3.84. The third-order valence-electron chi connectivity index (χ3n) is 4.62. The van der Waals surface area contributed by atoms with Gasteiger partial charge in [0.25, 0.3) is 0 Å². The number of methoxy groups -OCH3 is 1. The Morgan fingerprint density at radius 3 is 2.63 bits per heavy atom. The quantitative estimate of drug-likeness (QED) is 0.806. The lowest BCUT2D eigenvalue weighted by Gasteiger charge is -2.36. The molecule has 104 valence electrons. The van der Waals surface area contributed by atoms with Gasteiger partial charge in [0.05, 0.1) is 6.10 Å². The molecule has 1 aromatic rings. The predicted molar refractivity (Wildman–Crippen MR) is 83.6 cm³/mol. The number of halogens is 2. The Morgan fingerprint density at radius 1 is 1.32 bits per heavy atom. The summed E-state index contributed by atoms with van der Waals surface area (Å²) < 4.78 is 6.52. The van der Waals surface area contributed by atoms with Gasteiger partial charge >= 0.3 is 0 Å². The summed E-state index contributed by atoms with van der Waals surface area (Å²) in [5, 5.41) is 8.53. The molecule has 1 N–H and O–H groups in total. The Hall–Kier alpha value is -0.380. The minimum Gasteiger partial charge on any atom is -0.381 e. The van der Waals surface area contributed by atoms with Gasteiger partial charge in [-0.3, -0.25) is 0 Å². The highest BCUT2D eigenvalue weighted by atomic mass is 79.9. The van der Waals surface area contributed by atoms with Crippen molar-refractivity contribution in [1.29, 1.82) is 5.41 Å². The first-order chi connectivity index (χ1) is 8.64. The molecule has 4 heteroatoms. The van der Waals surface area contributed by atoms with Crippen LogP contribution in [0.2, 0.25) is 0 Å². The number of benzene rings is 1. The highest BCUT2D eigenvalue weighted by molar-refractivity contribution is 9.10. The first-order valence-electron chi connectivity index (χ1n) is 6.55. The third-order valence-corrected chi connectivity index (χ3v) is 5.12. The smallest absolute Gasteiger partial charge is 0.0572 e. The summed E-state index contributed by atoms with van der Waals surface area (Å²) in [6.07, 6.45) is 5.82. The fraction of sp³-hybridized carbons (Fsp3) is 0.533. The van der Waals surface area contributed by atoms with Gasteiger partial charge in [0, 0.05) is 28.3 Å². The SMILES string of the molecule is COC1CCC2(CC1)Cc1ccc(Br)cc1C2=N.Cl. The van der Waals surface area contributed by atoms with Gasteiger partial charge in [0.15, 0.2) is 0 Å². The van der Waals surface area contributed by atoms with E-state index in [0.29, 0.717) is 6.10 Å². The first kappa shape index (κ1) is 15.0. The van der Waals surface area contributed by atoms with Gasteiger partial charge in [0.1, 0.15) is 0 Å². The Labute approximate surface area is 129 Å². The molecule has 2 aliphatic carbocycles. The predicted octanol–water partition coefficient (Wildman–Crippen LogP) is 4.37. The van der Waals surface area contributed by atoms with Crippen LogP contribution in [0.5, 0.6) is 0 Å². The van der Waals surface area contributed by atoms with Gasteiger partial charge in [-0.15, -0.1) is 12.4 Å². The molecule has 1 saturated carbocycles. The molecule has 1 spiro atoms. The Bertz CT molecular complexity index is 495. The van der Waals surface area contributed by atoms with Gasteiger partial charge in [-0.25, -0.2) is 0 Å². The second-order valence-corrected chi connectivity index (χ2v) is 6.48. The molecule has 0 amide bonds. The zero-order chi connectivity index (χ0) is 12.8. The summed E-state index contributed by atoms with van der Waals surface area (Å²) in [6, 6.07) is 6.37. The average Bonchev–Trinajstić information content (AvgIpc) is 2.65. The summed E-state index contributed by atoms with van der Waals surface area (Å²) in [5.74, 6) is 0.